The van der Waals surface area contributed by atoms with Gasteiger partial charge in [-0.15, -0.1) is 0 Å². The van der Waals surface area contributed by atoms with Gasteiger partial charge in [-0.25, -0.2) is 9.67 Å². The highest BCUT2D eigenvalue weighted by molar-refractivity contribution is 5.60. The Morgan fingerprint density at radius 1 is 1.21 bits per heavy atom. The average molecular weight is 253 g/mol. The number of benzene rings is 1. The summed E-state index contributed by atoms with van der Waals surface area (Å²) < 4.78 is 3.80. The number of aromatic nitrogens is 4. The standard InChI is InChI=1S/C14H15N5/c1-18-7-6-12(9-18)8-16-13-4-2-3-5-14(13)19-11-15-10-17-19/h2-7,9-11,16H,8H2,1H3. The molecule has 5 nitrogen and oxygen atoms in total. The second-order valence-corrected chi connectivity index (χ2v) is 4.40. The van der Waals surface area contributed by atoms with E-state index in [1.807, 2.05) is 42.1 Å². The van der Waals surface area contributed by atoms with E-state index in [1.54, 1.807) is 11.0 Å². The molecule has 0 aliphatic heterocycles. The summed E-state index contributed by atoms with van der Waals surface area (Å²) in [6.45, 7) is 0.784. The van der Waals surface area contributed by atoms with E-state index in [4.69, 9.17) is 0 Å². The molecule has 5 heteroatoms. The van der Waals surface area contributed by atoms with Gasteiger partial charge >= 0.3 is 0 Å². The second-order valence-electron chi connectivity index (χ2n) is 4.40. The van der Waals surface area contributed by atoms with E-state index in [9.17, 15) is 0 Å². The average Bonchev–Trinajstić information content (AvgIpc) is 3.08. The maximum atomic E-state index is 4.17. The molecule has 1 aromatic carbocycles. The van der Waals surface area contributed by atoms with Gasteiger partial charge in [0.05, 0.1) is 11.4 Å². The monoisotopic (exact) mass is 253 g/mol. The van der Waals surface area contributed by atoms with Gasteiger partial charge in [0, 0.05) is 26.0 Å². The molecule has 0 amide bonds. The number of anilines is 1. The lowest BCUT2D eigenvalue weighted by molar-refractivity contribution is 0.877. The summed E-state index contributed by atoms with van der Waals surface area (Å²) in [5.74, 6) is 0. The highest BCUT2D eigenvalue weighted by Crippen LogP contribution is 2.19. The van der Waals surface area contributed by atoms with Gasteiger partial charge in [-0.1, -0.05) is 12.1 Å². The molecule has 0 atom stereocenters. The predicted molar refractivity (Wildman–Crippen MR) is 74.1 cm³/mol. The Morgan fingerprint density at radius 2 is 2.11 bits per heavy atom. The van der Waals surface area contributed by atoms with Gasteiger partial charge < -0.3 is 9.88 Å². The van der Waals surface area contributed by atoms with Crippen molar-refractivity contribution in [1.82, 2.24) is 19.3 Å². The van der Waals surface area contributed by atoms with Crippen molar-refractivity contribution in [3.05, 3.63) is 60.9 Å². The molecule has 0 aliphatic rings. The fourth-order valence-corrected chi connectivity index (χ4v) is 2.02. The van der Waals surface area contributed by atoms with Gasteiger partial charge in [0.25, 0.3) is 0 Å². The Balaban J connectivity index is 1.81. The van der Waals surface area contributed by atoms with Crippen LogP contribution < -0.4 is 5.32 Å². The first-order valence-electron chi connectivity index (χ1n) is 6.12. The number of nitrogens with zero attached hydrogens (tertiary/aromatic N) is 4. The Morgan fingerprint density at radius 3 is 2.84 bits per heavy atom. The molecule has 3 aromatic rings. The van der Waals surface area contributed by atoms with Crippen molar-refractivity contribution in [3.63, 3.8) is 0 Å². The largest absolute Gasteiger partial charge is 0.379 e. The molecule has 0 spiro atoms. The minimum Gasteiger partial charge on any atom is -0.379 e. The van der Waals surface area contributed by atoms with Crippen molar-refractivity contribution in [3.8, 4) is 5.69 Å². The molecule has 2 heterocycles. The first-order valence-corrected chi connectivity index (χ1v) is 6.12. The van der Waals surface area contributed by atoms with Crippen molar-refractivity contribution in [2.75, 3.05) is 5.32 Å². The van der Waals surface area contributed by atoms with Crippen LogP contribution in [0.25, 0.3) is 5.69 Å². The lowest BCUT2D eigenvalue weighted by Gasteiger charge is -2.10. The van der Waals surface area contributed by atoms with Crippen molar-refractivity contribution in [2.45, 2.75) is 6.54 Å². The molecular formula is C14H15N5. The van der Waals surface area contributed by atoms with Gasteiger partial charge in [-0.05, 0) is 23.8 Å². The Labute approximate surface area is 111 Å². The third-order valence-electron chi connectivity index (χ3n) is 2.95. The van der Waals surface area contributed by atoms with Crippen molar-refractivity contribution < 1.29 is 0 Å². The first-order chi connectivity index (χ1) is 9.33. The number of hydrogen-bond donors (Lipinski definition) is 1. The van der Waals surface area contributed by atoms with Crippen LogP contribution in [0, 0.1) is 0 Å². The smallest absolute Gasteiger partial charge is 0.138 e. The summed E-state index contributed by atoms with van der Waals surface area (Å²) in [6.07, 6.45) is 7.38. The minimum absolute atomic E-state index is 0.784. The van der Waals surface area contributed by atoms with Crippen LogP contribution >= 0.6 is 0 Å². The zero-order valence-corrected chi connectivity index (χ0v) is 10.7. The van der Waals surface area contributed by atoms with E-state index in [1.165, 1.54) is 11.9 Å². The van der Waals surface area contributed by atoms with Crippen LogP contribution in [-0.2, 0) is 13.6 Å². The van der Waals surface area contributed by atoms with E-state index in [2.05, 4.69) is 27.7 Å². The highest BCUT2D eigenvalue weighted by atomic mass is 15.3. The molecule has 1 N–H and O–H groups in total. The molecule has 3 rings (SSSR count). The third kappa shape index (κ3) is 2.49. The molecule has 0 aliphatic carbocycles. The summed E-state index contributed by atoms with van der Waals surface area (Å²) >= 11 is 0. The molecule has 0 fully saturated rings. The predicted octanol–water partition coefficient (Wildman–Crippen LogP) is 2.22. The summed E-state index contributed by atoms with van der Waals surface area (Å²) in [5, 5.41) is 7.60. The van der Waals surface area contributed by atoms with E-state index in [-0.39, 0.29) is 0 Å². The van der Waals surface area contributed by atoms with E-state index in [0.29, 0.717) is 0 Å². The number of nitrogens with one attached hydrogen (secondary N) is 1. The summed E-state index contributed by atoms with van der Waals surface area (Å²) in [7, 11) is 2.02. The Bertz CT molecular complexity index is 654. The lowest BCUT2D eigenvalue weighted by Crippen LogP contribution is -2.04. The van der Waals surface area contributed by atoms with Gasteiger partial charge in [-0.3, -0.25) is 0 Å². The molecule has 0 saturated carbocycles. The normalized spacial score (nSPS) is 10.6. The summed E-state index contributed by atoms with van der Waals surface area (Å²) in [5.41, 5.74) is 3.28. The SMILES string of the molecule is Cn1ccc(CNc2ccccc2-n2cncn2)c1. The number of para-hydroxylation sites is 2. The van der Waals surface area contributed by atoms with Crippen LogP contribution in [0.4, 0.5) is 5.69 Å². The Kier molecular flexibility index (Phi) is 3.02. The number of hydrogen-bond acceptors (Lipinski definition) is 3. The highest BCUT2D eigenvalue weighted by Gasteiger charge is 2.04. The maximum absolute atomic E-state index is 4.17. The first kappa shape index (κ1) is 11.5. The Hall–Kier alpha value is -2.56. The fraction of sp³-hybridized carbons (Fsp3) is 0.143. The van der Waals surface area contributed by atoms with E-state index >= 15 is 0 Å². The maximum Gasteiger partial charge on any atom is 0.138 e. The van der Waals surface area contributed by atoms with Crippen LogP contribution in [0.5, 0.6) is 0 Å². The summed E-state index contributed by atoms with van der Waals surface area (Å²) in [6, 6.07) is 10.2. The van der Waals surface area contributed by atoms with E-state index < -0.39 is 0 Å². The minimum atomic E-state index is 0.784. The van der Waals surface area contributed by atoms with Crippen LogP contribution in [0.1, 0.15) is 5.56 Å². The molecular weight excluding hydrogens is 238 g/mol. The van der Waals surface area contributed by atoms with Gasteiger partial charge in [0.1, 0.15) is 12.7 Å². The lowest BCUT2D eigenvalue weighted by atomic mass is 10.2. The molecule has 2 aromatic heterocycles. The van der Waals surface area contributed by atoms with Crippen LogP contribution in [0.2, 0.25) is 0 Å². The zero-order chi connectivity index (χ0) is 13.1. The molecule has 0 radical (unpaired) electrons. The van der Waals surface area contributed by atoms with Gasteiger partial charge in [0.2, 0.25) is 0 Å². The third-order valence-corrected chi connectivity index (χ3v) is 2.95. The molecule has 0 saturated heterocycles. The van der Waals surface area contributed by atoms with Gasteiger partial charge in [0.15, 0.2) is 0 Å². The van der Waals surface area contributed by atoms with Crippen molar-refractivity contribution in [2.24, 2.45) is 7.05 Å². The molecule has 0 bridgehead atoms. The molecule has 96 valence electrons. The molecule has 19 heavy (non-hydrogen) atoms. The van der Waals surface area contributed by atoms with Gasteiger partial charge in [-0.2, -0.15) is 5.10 Å². The van der Waals surface area contributed by atoms with Crippen molar-refractivity contribution in [1.29, 1.82) is 0 Å². The number of aryl methyl sites for hydroxylation is 1. The van der Waals surface area contributed by atoms with Crippen molar-refractivity contribution >= 4 is 5.69 Å². The molecule has 0 unspecified atom stereocenters. The topological polar surface area (TPSA) is 47.7 Å². The summed E-state index contributed by atoms with van der Waals surface area (Å²) in [4.78, 5) is 3.98. The van der Waals surface area contributed by atoms with Crippen LogP contribution in [0.3, 0.4) is 0 Å². The van der Waals surface area contributed by atoms with E-state index in [0.717, 1.165) is 17.9 Å². The van der Waals surface area contributed by atoms with Crippen LogP contribution in [-0.4, -0.2) is 19.3 Å². The number of rotatable bonds is 4. The quantitative estimate of drug-likeness (QED) is 0.775. The van der Waals surface area contributed by atoms with Crippen LogP contribution in [0.15, 0.2) is 55.4 Å². The fourth-order valence-electron chi connectivity index (χ4n) is 2.02. The zero-order valence-electron chi connectivity index (χ0n) is 10.7. The second kappa shape index (κ2) is 4.97.